The first kappa shape index (κ1) is 33.2. The molecule has 0 unspecified atom stereocenters. The molecule has 9 aromatic rings. The molecule has 0 radical (unpaired) electrons. The van der Waals surface area contributed by atoms with Crippen molar-refractivity contribution in [2.75, 3.05) is 9.80 Å². The summed E-state index contributed by atoms with van der Waals surface area (Å²) in [5.41, 5.74) is 18.3. The summed E-state index contributed by atoms with van der Waals surface area (Å²) < 4.78 is 2.30. The predicted octanol–water partition coefficient (Wildman–Crippen LogP) is 11.0. The zero-order valence-corrected chi connectivity index (χ0v) is 31.8. The van der Waals surface area contributed by atoms with E-state index in [9.17, 15) is 0 Å². The predicted molar refractivity (Wildman–Crippen MR) is 238 cm³/mol. The minimum absolute atomic E-state index is 0.0659. The van der Waals surface area contributed by atoms with E-state index in [0.717, 1.165) is 56.4 Å². The van der Waals surface area contributed by atoms with Gasteiger partial charge in [-0.2, -0.15) is 0 Å². The summed E-state index contributed by atoms with van der Waals surface area (Å²) in [5, 5.41) is 0. The largest absolute Gasteiger partial charge is 0.311 e. The van der Waals surface area contributed by atoms with Gasteiger partial charge in [0.1, 0.15) is 5.82 Å². The van der Waals surface area contributed by atoms with Gasteiger partial charge in [-0.3, -0.25) is 9.55 Å². The van der Waals surface area contributed by atoms with E-state index >= 15 is 0 Å². The average Bonchev–Trinajstić information content (AvgIpc) is 3.67. The molecule has 0 bridgehead atoms. The molecule has 0 fully saturated rings. The highest BCUT2D eigenvalue weighted by atomic mass is 15.2. The van der Waals surface area contributed by atoms with Gasteiger partial charge in [-0.05, 0) is 124 Å². The van der Waals surface area contributed by atoms with Crippen LogP contribution in [0.3, 0.4) is 0 Å². The van der Waals surface area contributed by atoms with Crippen LogP contribution in [-0.4, -0.2) is 21.2 Å². The van der Waals surface area contributed by atoms with Crippen molar-refractivity contribution >= 4 is 68.3 Å². The number of nitrogens with zero attached hydrogens (tertiary/aromatic N) is 5. The standard InChI is InChI=1S/C51H38BN5/c1-34(2)35-29-30-53-44(33-35)36-25-27-45-41(31-36)52-42-32-37(51-54-43-21-12-13-22-47(43)57(51)40-19-10-5-11-20-40)26-28-46(42)56(39-17-8-4-9-18-39)49-24-14-23-48(50(49)52)55(45)38-15-6-3-7-16-38/h3-34H,1-2H3. The lowest BCUT2D eigenvalue weighted by Crippen LogP contribution is -2.61. The first-order valence-electron chi connectivity index (χ1n) is 19.7. The number of para-hydroxylation sites is 5. The van der Waals surface area contributed by atoms with Crippen LogP contribution in [0.25, 0.3) is 39.4 Å². The van der Waals surface area contributed by atoms with E-state index in [1.807, 2.05) is 6.20 Å². The molecule has 0 spiro atoms. The van der Waals surface area contributed by atoms with Gasteiger partial charge < -0.3 is 9.80 Å². The zero-order chi connectivity index (χ0) is 38.0. The van der Waals surface area contributed by atoms with Crippen LogP contribution >= 0.6 is 0 Å². The van der Waals surface area contributed by atoms with Gasteiger partial charge in [-0.1, -0.05) is 105 Å². The summed E-state index contributed by atoms with van der Waals surface area (Å²) in [5.74, 6) is 1.32. The molecular weight excluding hydrogens is 693 g/mol. The Morgan fingerprint density at radius 2 is 1.05 bits per heavy atom. The fourth-order valence-corrected chi connectivity index (χ4v) is 8.97. The molecule has 6 heteroatoms. The fraction of sp³-hybridized carbons (Fsp3) is 0.0588. The summed E-state index contributed by atoms with van der Waals surface area (Å²) in [6.45, 7) is 4.41. The highest BCUT2D eigenvalue weighted by Gasteiger charge is 2.43. The molecule has 0 aliphatic carbocycles. The Morgan fingerprint density at radius 3 is 1.68 bits per heavy atom. The van der Waals surface area contributed by atoms with Gasteiger partial charge in [0.05, 0.1) is 16.7 Å². The molecule has 270 valence electrons. The van der Waals surface area contributed by atoms with Crippen LogP contribution in [0.5, 0.6) is 0 Å². The second-order valence-electron chi connectivity index (χ2n) is 15.3. The van der Waals surface area contributed by atoms with E-state index < -0.39 is 0 Å². The molecule has 0 N–H and O–H groups in total. The number of fused-ring (bicyclic) bond motifs is 5. The highest BCUT2D eigenvalue weighted by Crippen LogP contribution is 2.45. The van der Waals surface area contributed by atoms with Crippen LogP contribution < -0.4 is 26.2 Å². The van der Waals surface area contributed by atoms with Crippen molar-refractivity contribution in [2.45, 2.75) is 19.8 Å². The Balaban J connectivity index is 1.21. The quantitative estimate of drug-likeness (QED) is 0.160. The molecule has 5 nitrogen and oxygen atoms in total. The van der Waals surface area contributed by atoms with Crippen molar-refractivity contribution in [3.05, 3.63) is 194 Å². The summed E-state index contributed by atoms with van der Waals surface area (Å²) in [6, 6.07) is 65.6. The second-order valence-corrected chi connectivity index (χ2v) is 15.3. The molecule has 2 aliphatic rings. The molecule has 0 saturated heterocycles. The zero-order valence-electron chi connectivity index (χ0n) is 31.8. The molecule has 7 aromatic carbocycles. The average molecular weight is 732 g/mol. The van der Waals surface area contributed by atoms with Gasteiger partial charge in [-0.15, -0.1) is 0 Å². The fourth-order valence-electron chi connectivity index (χ4n) is 8.97. The van der Waals surface area contributed by atoms with E-state index in [2.05, 4.69) is 210 Å². The summed E-state index contributed by atoms with van der Waals surface area (Å²) in [4.78, 5) is 15.1. The number of anilines is 6. The van der Waals surface area contributed by atoms with Crippen molar-refractivity contribution in [1.29, 1.82) is 0 Å². The second kappa shape index (κ2) is 13.2. The SMILES string of the molecule is CC(C)c1ccnc(-c2ccc3c(c2)B2c4cc(-c5nc6ccccc6n5-c5ccccc5)ccc4N(c4ccccc4)c4cccc(c42)N3c2ccccc2)c1. The van der Waals surface area contributed by atoms with Crippen molar-refractivity contribution in [1.82, 2.24) is 14.5 Å². The summed E-state index contributed by atoms with van der Waals surface area (Å²) in [7, 11) is 0. The Kier molecular flexibility index (Phi) is 7.71. The molecular formula is C51H38BN5. The van der Waals surface area contributed by atoms with E-state index in [0.29, 0.717) is 5.92 Å². The normalized spacial score (nSPS) is 12.8. The lowest BCUT2D eigenvalue weighted by atomic mass is 9.33. The number of imidazole rings is 1. The van der Waals surface area contributed by atoms with Crippen molar-refractivity contribution in [3.8, 4) is 28.3 Å². The Hall–Kier alpha value is -7.18. The summed E-state index contributed by atoms with van der Waals surface area (Å²) in [6.07, 6.45) is 1.95. The highest BCUT2D eigenvalue weighted by molar-refractivity contribution is 7.00. The Labute approximate surface area is 333 Å². The molecule has 0 atom stereocenters. The monoisotopic (exact) mass is 731 g/mol. The number of hydrogen-bond acceptors (Lipinski definition) is 4. The number of aromatic nitrogens is 3. The molecule has 0 saturated carbocycles. The number of pyridine rings is 1. The third kappa shape index (κ3) is 5.32. The van der Waals surface area contributed by atoms with Crippen molar-refractivity contribution in [3.63, 3.8) is 0 Å². The van der Waals surface area contributed by atoms with E-state index in [1.54, 1.807) is 0 Å². The minimum atomic E-state index is -0.0659. The van der Waals surface area contributed by atoms with Crippen LogP contribution in [0.4, 0.5) is 34.1 Å². The third-order valence-electron chi connectivity index (χ3n) is 11.6. The first-order chi connectivity index (χ1) is 28.1. The maximum Gasteiger partial charge on any atom is 0.252 e. The van der Waals surface area contributed by atoms with E-state index in [4.69, 9.17) is 9.97 Å². The summed E-state index contributed by atoms with van der Waals surface area (Å²) >= 11 is 0. The Bertz CT molecular complexity index is 2940. The van der Waals surface area contributed by atoms with Gasteiger partial charge in [0, 0.05) is 51.6 Å². The smallest absolute Gasteiger partial charge is 0.252 e. The van der Waals surface area contributed by atoms with Crippen LogP contribution in [-0.2, 0) is 0 Å². The van der Waals surface area contributed by atoms with E-state index in [1.165, 1.54) is 39.0 Å². The minimum Gasteiger partial charge on any atom is -0.311 e. The number of rotatable bonds is 6. The number of hydrogen-bond donors (Lipinski definition) is 0. The van der Waals surface area contributed by atoms with Crippen molar-refractivity contribution in [2.24, 2.45) is 0 Å². The van der Waals surface area contributed by atoms with E-state index in [-0.39, 0.29) is 6.71 Å². The molecule has 0 amide bonds. The van der Waals surface area contributed by atoms with Crippen LogP contribution in [0, 0.1) is 0 Å². The third-order valence-corrected chi connectivity index (χ3v) is 11.6. The molecule has 2 aromatic heterocycles. The van der Waals surface area contributed by atoms with Gasteiger partial charge in [0.2, 0.25) is 0 Å². The lowest BCUT2D eigenvalue weighted by molar-refractivity contribution is 0.864. The molecule has 4 heterocycles. The maximum atomic E-state index is 5.32. The molecule has 11 rings (SSSR count). The number of benzene rings is 7. The molecule has 57 heavy (non-hydrogen) atoms. The van der Waals surface area contributed by atoms with Crippen LogP contribution in [0.1, 0.15) is 25.3 Å². The Morgan fingerprint density at radius 1 is 0.491 bits per heavy atom. The van der Waals surface area contributed by atoms with Crippen LogP contribution in [0.15, 0.2) is 188 Å². The van der Waals surface area contributed by atoms with Gasteiger partial charge in [0.15, 0.2) is 0 Å². The van der Waals surface area contributed by atoms with Crippen LogP contribution in [0.2, 0.25) is 0 Å². The molecule has 2 aliphatic heterocycles. The van der Waals surface area contributed by atoms with Gasteiger partial charge in [-0.25, -0.2) is 4.98 Å². The lowest BCUT2D eigenvalue weighted by Gasteiger charge is -2.44. The van der Waals surface area contributed by atoms with Gasteiger partial charge >= 0.3 is 0 Å². The van der Waals surface area contributed by atoms with Crippen molar-refractivity contribution < 1.29 is 0 Å². The van der Waals surface area contributed by atoms with Gasteiger partial charge in [0.25, 0.3) is 6.71 Å². The maximum absolute atomic E-state index is 5.32. The topological polar surface area (TPSA) is 37.2 Å². The first-order valence-corrected chi connectivity index (χ1v) is 19.7.